The molecule has 1 aromatic heterocycles. The molecule has 0 atom stereocenters. The summed E-state index contributed by atoms with van der Waals surface area (Å²) in [6.45, 7) is 2.93. The molecule has 1 aliphatic rings. The highest BCUT2D eigenvalue weighted by atomic mass is 35.5. The van der Waals surface area contributed by atoms with Gasteiger partial charge >= 0.3 is 5.56 Å². The summed E-state index contributed by atoms with van der Waals surface area (Å²) in [6.07, 6.45) is 2.40. The number of aromatic nitrogens is 2. The molecule has 2 aromatic carbocycles. The van der Waals surface area contributed by atoms with E-state index >= 15 is 0 Å². The minimum absolute atomic E-state index is 0.0347. The van der Waals surface area contributed by atoms with Gasteiger partial charge in [0.05, 0.1) is 31.5 Å². The Bertz CT molecular complexity index is 1150. The highest BCUT2D eigenvalue weighted by Crippen LogP contribution is 2.32. The Morgan fingerprint density at radius 3 is 2.93 bits per heavy atom. The lowest BCUT2D eigenvalue weighted by Crippen LogP contribution is -2.19. The van der Waals surface area contributed by atoms with Crippen molar-refractivity contribution in [3.05, 3.63) is 74.4 Å². The van der Waals surface area contributed by atoms with E-state index in [0.29, 0.717) is 19.1 Å². The van der Waals surface area contributed by atoms with E-state index in [1.807, 2.05) is 19.1 Å². The first-order chi connectivity index (χ1) is 13.9. The molecule has 150 valence electrons. The Kier molecular flexibility index (Phi) is 5.15. The first-order valence-electron chi connectivity index (χ1n) is 9.07. The smallest absolute Gasteiger partial charge is 0.316 e. The molecule has 6 nitrogen and oxygen atoms in total. The van der Waals surface area contributed by atoms with Crippen molar-refractivity contribution < 1.29 is 13.9 Å². The topological polar surface area (TPSA) is 65.4 Å². The van der Waals surface area contributed by atoms with Crippen molar-refractivity contribution in [3.8, 4) is 11.5 Å². The van der Waals surface area contributed by atoms with Crippen molar-refractivity contribution in [1.82, 2.24) is 9.55 Å². The predicted molar refractivity (Wildman–Crippen MR) is 109 cm³/mol. The van der Waals surface area contributed by atoms with Crippen LogP contribution in [0.3, 0.4) is 0 Å². The molecule has 0 aliphatic carbocycles. The van der Waals surface area contributed by atoms with Crippen molar-refractivity contribution in [2.45, 2.75) is 19.9 Å². The van der Waals surface area contributed by atoms with Gasteiger partial charge in [-0.25, -0.2) is 4.39 Å². The van der Waals surface area contributed by atoms with Crippen LogP contribution in [-0.2, 0) is 13.0 Å². The molecule has 1 N–H and O–H groups in total. The number of methoxy groups -OCH3 is 1. The number of halogens is 2. The molecule has 0 unspecified atom stereocenters. The van der Waals surface area contributed by atoms with Crippen LogP contribution in [0.5, 0.6) is 11.5 Å². The fourth-order valence-electron chi connectivity index (χ4n) is 3.25. The number of nitrogens with zero attached hydrogens (tertiary/aromatic N) is 2. The van der Waals surface area contributed by atoms with Crippen LogP contribution in [0, 0.1) is 12.7 Å². The highest BCUT2D eigenvalue weighted by molar-refractivity contribution is 6.30. The van der Waals surface area contributed by atoms with E-state index < -0.39 is 11.4 Å². The minimum atomic E-state index is -0.486. The molecule has 2 heterocycles. The van der Waals surface area contributed by atoms with Crippen LogP contribution in [0.25, 0.3) is 0 Å². The van der Waals surface area contributed by atoms with E-state index in [1.165, 1.54) is 13.2 Å². The molecule has 0 radical (unpaired) electrons. The molecular weight excluding hydrogens is 397 g/mol. The summed E-state index contributed by atoms with van der Waals surface area (Å²) in [4.78, 5) is 16.4. The van der Waals surface area contributed by atoms with E-state index in [0.717, 1.165) is 34.5 Å². The third-order valence-electron chi connectivity index (χ3n) is 4.80. The van der Waals surface area contributed by atoms with Gasteiger partial charge in [0.2, 0.25) is 11.7 Å². The first-order valence-corrected chi connectivity index (χ1v) is 9.45. The molecule has 0 saturated heterocycles. The number of aryl methyl sites for hydroxylation is 1. The van der Waals surface area contributed by atoms with Gasteiger partial charge in [0.1, 0.15) is 11.6 Å². The van der Waals surface area contributed by atoms with Gasteiger partial charge < -0.3 is 19.4 Å². The summed E-state index contributed by atoms with van der Waals surface area (Å²) < 4.78 is 26.0. The van der Waals surface area contributed by atoms with Gasteiger partial charge in [-0.1, -0.05) is 17.7 Å². The molecule has 1 aliphatic heterocycles. The Hall–Kier alpha value is -3.06. The molecule has 8 heteroatoms. The standard InChI is InChI=1S/C21H19ClFN3O3/c1-12-7-18-14(5-6-29-18)9-17(12)24-21-25-20(27)19(28-2)11-26(21)10-13-3-4-16(23)15(22)8-13/h3-4,7-9,11H,5-6,10H2,1-2H3,(H,24,25,27). The number of benzene rings is 2. The highest BCUT2D eigenvalue weighted by Gasteiger charge is 2.16. The molecule has 0 amide bonds. The van der Waals surface area contributed by atoms with Crippen LogP contribution >= 0.6 is 11.6 Å². The molecule has 0 bridgehead atoms. The number of hydrogen-bond donors (Lipinski definition) is 1. The predicted octanol–water partition coefficient (Wildman–Crippen LogP) is 4.08. The van der Waals surface area contributed by atoms with Crippen molar-refractivity contribution in [2.24, 2.45) is 0 Å². The summed E-state index contributed by atoms with van der Waals surface area (Å²) in [7, 11) is 1.41. The number of anilines is 2. The SMILES string of the molecule is COc1cn(Cc2ccc(F)c(Cl)c2)c(Nc2cc3c(cc2C)OCC3)nc1=O. The number of rotatable bonds is 5. The van der Waals surface area contributed by atoms with Crippen molar-refractivity contribution in [1.29, 1.82) is 0 Å². The average molecular weight is 416 g/mol. The van der Waals surface area contributed by atoms with Gasteiger partial charge in [0.25, 0.3) is 0 Å². The maximum atomic E-state index is 13.5. The summed E-state index contributed by atoms with van der Waals surface area (Å²) in [5.74, 6) is 0.857. The van der Waals surface area contributed by atoms with Crippen LogP contribution in [0.1, 0.15) is 16.7 Å². The molecular formula is C21H19ClFN3O3. The fourth-order valence-corrected chi connectivity index (χ4v) is 3.45. The third kappa shape index (κ3) is 3.91. The zero-order chi connectivity index (χ0) is 20.5. The Labute approximate surface area is 171 Å². The second-order valence-electron chi connectivity index (χ2n) is 6.81. The zero-order valence-electron chi connectivity index (χ0n) is 16.0. The van der Waals surface area contributed by atoms with E-state index in [1.54, 1.807) is 22.9 Å². The van der Waals surface area contributed by atoms with Gasteiger partial charge in [0.15, 0.2) is 0 Å². The number of ether oxygens (including phenoxy) is 2. The van der Waals surface area contributed by atoms with Gasteiger partial charge in [-0.2, -0.15) is 4.98 Å². The normalized spacial score (nSPS) is 12.4. The number of hydrogen-bond acceptors (Lipinski definition) is 5. The molecule has 4 rings (SSSR count). The Balaban J connectivity index is 1.73. The summed E-state index contributed by atoms with van der Waals surface area (Å²) >= 11 is 5.91. The van der Waals surface area contributed by atoms with Gasteiger partial charge in [-0.05, 0) is 47.9 Å². The van der Waals surface area contributed by atoms with Gasteiger partial charge in [-0.15, -0.1) is 0 Å². The largest absolute Gasteiger partial charge is 0.493 e. The molecule has 3 aromatic rings. The van der Waals surface area contributed by atoms with Crippen LogP contribution < -0.4 is 20.3 Å². The maximum absolute atomic E-state index is 13.5. The monoisotopic (exact) mass is 415 g/mol. The molecule has 0 spiro atoms. The Morgan fingerprint density at radius 2 is 2.17 bits per heavy atom. The first kappa shape index (κ1) is 19.3. The van der Waals surface area contributed by atoms with Crippen LogP contribution in [0.2, 0.25) is 5.02 Å². The summed E-state index contributed by atoms with van der Waals surface area (Å²) in [5.41, 5.74) is 3.17. The lowest BCUT2D eigenvalue weighted by Gasteiger charge is -2.17. The molecule has 29 heavy (non-hydrogen) atoms. The van der Waals surface area contributed by atoms with Crippen LogP contribution in [0.4, 0.5) is 16.0 Å². The van der Waals surface area contributed by atoms with Crippen molar-refractivity contribution in [3.63, 3.8) is 0 Å². The van der Waals surface area contributed by atoms with Crippen molar-refractivity contribution in [2.75, 3.05) is 19.0 Å². The number of fused-ring (bicyclic) bond motifs is 1. The van der Waals surface area contributed by atoms with E-state index in [2.05, 4.69) is 10.3 Å². The van der Waals surface area contributed by atoms with Crippen LogP contribution in [-0.4, -0.2) is 23.3 Å². The van der Waals surface area contributed by atoms with Crippen molar-refractivity contribution >= 4 is 23.2 Å². The lowest BCUT2D eigenvalue weighted by atomic mass is 10.1. The van der Waals surface area contributed by atoms with Crippen LogP contribution in [0.15, 0.2) is 41.3 Å². The molecule has 0 saturated carbocycles. The van der Waals surface area contributed by atoms with E-state index in [9.17, 15) is 9.18 Å². The second-order valence-corrected chi connectivity index (χ2v) is 7.22. The zero-order valence-corrected chi connectivity index (χ0v) is 16.7. The number of nitrogens with one attached hydrogen (secondary N) is 1. The second kappa shape index (κ2) is 7.75. The van der Waals surface area contributed by atoms with E-state index in [4.69, 9.17) is 21.1 Å². The molecule has 0 fully saturated rings. The third-order valence-corrected chi connectivity index (χ3v) is 5.09. The van der Waals surface area contributed by atoms with Gasteiger partial charge in [-0.3, -0.25) is 4.79 Å². The summed E-state index contributed by atoms with van der Waals surface area (Å²) in [5, 5.41) is 3.28. The maximum Gasteiger partial charge on any atom is 0.316 e. The lowest BCUT2D eigenvalue weighted by molar-refractivity contribution is 0.356. The minimum Gasteiger partial charge on any atom is -0.493 e. The Morgan fingerprint density at radius 1 is 1.34 bits per heavy atom. The quantitative estimate of drug-likeness (QED) is 0.680. The average Bonchev–Trinajstić information content (AvgIpc) is 3.14. The summed E-state index contributed by atoms with van der Waals surface area (Å²) in [6, 6.07) is 8.46. The fraction of sp³-hybridized carbons (Fsp3) is 0.238. The van der Waals surface area contributed by atoms with E-state index in [-0.39, 0.29) is 10.8 Å². The van der Waals surface area contributed by atoms with Gasteiger partial charge in [0, 0.05) is 12.1 Å².